The van der Waals surface area contributed by atoms with Crippen LogP contribution in [0.3, 0.4) is 0 Å². The van der Waals surface area contributed by atoms with E-state index in [0.717, 1.165) is 19.3 Å². The lowest BCUT2D eigenvalue weighted by atomic mass is 9.87. The Hall–Kier alpha value is -0.820. The molecule has 1 aliphatic carbocycles. The summed E-state index contributed by atoms with van der Waals surface area (Å²) in [5.74, 6) is 0. The molecule has 0 unspecified atom stereocenters. The first kappa shape index (κ1) is 10.7. The van der Waals surface area contributed by atoms with Gasteiger partial charge in [0, 0.05) is 6.42 Å². The van der Waals surface area contributed by atoms with Crippen LogP contribution in [0.25, 0.3) is 0 Å². The molecule has 1 saturated carbocycles. The Labute approximate surface area is 92.1 Å². The Morgan fingerprint density at radius 3 is 2.13 bits per heavy atom. The second-order valence-corrected chi connectivity index (χ2v) is 4.80. The Bertz CT molecular complexity index is 283. The molecule has 1 aliphatic rings. The van der Waals surface area contributed by atoms with Crippen LogP contribution in [0, 0.1) is 0 Å². The number of hydrogen-bond donors (Lipinski definition) is 1. The van der Waals surface area contributed by atoms with Gasteiger partial charge in [0.2, 0.25) is 0 Å². The SMILES string of the molecule is OC1(Cc2ccccc2)CCCCCC1. The predicted molar refractivity (Wildman–Crippen MR) is 62.8 cm³/mol. The summed E-state index contributed by atoms with van der Waals surface area (Å²) in [6.45, 7) is 0. The minimum atomic E-state index is -0.433. The molecule has 1 N–H and O–H groups in total. The molecule has 0 saturated heterocycles. The molecular weight excluding hydrogens is 184 g/mol. The highest BCUT2D eigenvalue weighted by Crippen LogP contribution is 2.29. The van der Waals surface area contributed by atoms with Crippen LogP contribution in [0.2, 0.25) is 0 Å². The largest absolute Gasteiger partial charge is 0.390 e. The Kier molecular flexibility index (Phi) is 3.42. The molecule has 0 spiro atoms. The normalized spacial score (nSPS) is 20.9. The molecule has 1 fully saturated rings. The summed E-state index contributed by atoms with van der Waals surface area (Å²) in [6.07, 6.45) is 7.72. The van der Waals surface area contributed by atoms with Crippen molar-refractivity contribution in [1.82, 2.24) is 0 Å². The standard InChI is InChI=1S/C14H20O/c15-14(10-6-1-2-7-11-14)12-13-8-4-3-5-9-13/h3-5,8-9,15H,1-2,6-7,10-12H2. The first-order valence-corrected chi connectivity index (χ1v) is 6.05. The number of aliphatic hydroxyl groups is 1. The lowest BCUT2D eigenvalue weighted by Gasteiger charge is -2.26. The van der Waals surface area contributed by atoms with Crippen LogP contribution in [0.4, 0.5) is 0 Å². The average molecular weight is 204 g/mol. The average Bonchev–Trinajstić information content (AvgIpc) is 2.45. The smallest absolute Gasteiger partial charge is 0.0688 e. The molecule has 0 aromatic heterocycles. The van der Waals surface area contributed by atoms with Gasteiger partial charge in [0.05, 0.1) is 5.60 Å². The van der Waals surface area contributed by atoms with Gasteiger partial charge in [-0.2, -0.15) is 0 Å². The second kappa shape index (κ2) is 4.80. The maximum Gasteiger partial charge on any atom is 0.0688 e. The highest BCUT2D eigenvalue weighted by atomic mass is 16.3. The van der Waals surface area contributed by atoms with Crippen molar-refractivity contribution in [2.45, 2.75) is 50.5 Å². The molecule has 1 nitrogen and oxygen atoms in total. The van der Waals surface area contributed by atoms with E-state index < -0.39 is 5.60 Å². The Morgan fingerprint density at radius 1 is 0.933 bits per heavy atom. The van der Waals surface area contributed by atoms with E-state index in [4.69, 9.17) is 0 Å². The first-order valence-electron chi connectivity index (χ1n) is 6.05. The van der Waals surface area contributed by atoms with Crippen molar-refractivity contribution in [3.8, 4) is 0 Å². The molecule has 0 radical (unpaired) electrons. The molecule has 1 heteroatoms. The zero-order chi connectivity index (χ0) is 10.6. The molecule has 0 atom stereocenters. The van der Waals surface area contributed by atoms with Crippen LogP contribution in [0.1, 0.15) is 44.1 Å². The predicted octanol–water partition coefficient (Wildman–Crippen LogP) is 3.31. The van der Waals surface area contributed by atoms with Gasteiger partial charge in [0.25, 0.3) is 0 Å². The van der Waals surface area contributed by atoms with Crippen LogP contribution in [0.15, 0.2) is 30.3 Å². The van der Waals surface area contributed by atoms with Gasteiger partial charge in [-0.05, 0) is 18.4 Å². The van der Waals surface area contributed by atoms with E-state index in [9.17, 15) is 5.11 Å². The molecule has 1 aromatic carbocycles. The van der Waals surface area contributed by atoms with Crippen molar-refractivity contribution in [2.75, 3.05) is 0 Å². The van der Waals surface area contributed by atoms with Gasteiger partial charge in [-0.3, -0.25) is 0 Å². The zero-order valence-electron chi connectivity index (χ0n) is 9.28. The topological polar surface area (TPSA) is 20.2 Å². The number of benzene rings is 1. The molecule has 1 aromatic rings. The molecule has 15 heavy (non-hydrogen) atoms. The fraction of sp³-hybridized carbons (Fsp3) is 0.571. The fourth-order valence-electron chi connectivity index (χ4n) is 2.54. The van der Waals surface area contributed by atoms with Crippen molar-refractivity contribution in [1.29, 1.82) is 0 Å². The van der Waals surface area contributed by atoms with E-state index in [0.29, 0.717) is 0 Å². The summed E-state index contributed by atoms with van der Waals surface area (Å²) in [6, 6.07) is 10.4. The van der Waals surface area contributed by atoms with Crippen molar-refractivity contribution < 1.29 is 5.11 Å². The summed E-state index contributed by atoms with van der Waals surface area (Å²) in [7, 11) is 0. The van der Waals surface area contributed by atoms with E-state index in [-0.39, 0.29) is 0 Å². The van der Waals surface area contributed by atoms with Crippen LogP contribution < -0.4 is 0 Å². The second-order valence-electron chi connectivity index (χ2n) is 4.80. The van der Waals surface area contributed by atoms with E-state index in [1.165, 1.54) is 31.2 Å². The first-order chi connectivity index (χ1) is 7.29. The minimum absolute atomic E-state index is 0.433. The molecule has 0 aliphatic heterocycles. The van der Waals surface area contributed by atoms with E-state index in [1.54, 1.807) is 0 Å². The van der Waals surface area contributed by atoms with Gasteiger partial charge in [-0.1, -0.05) is 56.0 Å². The maximum absolute atomic E-state index is 10.5. The lowest BCUT2D eigenvalue weighted by Crippen LogP contribution is -2.30. The van der Waals surface area contributed by atoms with Crippen molar-refractivity contribution in [3.05, 3.63) is 35.9 Å². The van der Waals surface area contributed by atoms with Crippen LogP contribution in [-0.2, 0) is 6.42 Å². The maximum atomic E-state index is 10.5. The summed E-state index contributed by atoms with van der Waals surface area (Å²) >= 11 is 0. The third-order valence-electron chi connectivity index (χ3n) is 3.41. The van der Waals surface area contributed by atoms with E-state index in [1.807, 2.05) is 6.07 Å². The van der Waals surface area contributed by atoms with E-state index in [2.05, 4.69) is 24.3 Å². The molecule has 0 bridgehead atoms. The van der Waals surface area contributed by atoms with Gasteiger partial charge in [0.1, 0.15) is 0 Å². The monoisotopic (exact) mass is 204 g/mol. The Morgan fingerprint density at radius 2 is 1.53 bits per heavy atom. The van der Waals surface area contributed by atoms with Crippen LogP contribution in [-0.4, -0.2) is 10.7 Å². The molecule has 0 amide bonds. The molecule has 0 heterocycles. The third kappa shape index (κ3) is 3.07. The molecular formula is C14H20O. The van der Waals surface area contributed by atoms with Gasteiger partial charge in [-0.15, -0.1) is 0 Å². The van der Waals surface area contributed by atoms with Crippen molar-refractivity contribution in [2.24, 2.45) is 0 Å². The lowest BCUT2D eigenvalue weighted by molar-refractivity contribution is 0.0252. The highest BCUT2D eigenvalue weighted by Gasteiger charge is 2.27. The van der Waals surface area contributed by atoms with Crippen molar-refractivity contribution in [3.63, 3.8) is 0 Å². The van der Waals surface area contributed by atoms with Gasteiger partial charge >= 0.3 is 0 Å². The van der Waals surface area contributed by atoms with Gasteiger partial charge in [0.15, 0.2) is 0 Å². The summed E-state index contributed by atoms with van der Waals surface area (Å²) in [5, 5.41) is 10.5. The van der Waals surface area contributed by atoms with Crippen LogP contribution in [0.5, 0.6) is 0 Å². The third-order valence-corrected chi connectivity index (χ3v) is 3.41. The van der Waals surface area contributed by atoms with Crippen molar-refractivity contribution >= 4 is 0 Å². The molecule has 2 rings (SSSR count). The summed E-state index contributed by atoms with van der Waals surface area (Å²) in [4.78, 5) is 0. The summed E-state index contributed by atoms with van der Waals surface area (Å²) in [5.41, 5.74) is 0.833. The summed E-state index contributed by atoms with van der Waals surface area (Å²) < 4.78 is 0. The highest BCUT2D eigenvalue weighted by molar-refractivity contribution is 5.17. The van der Waals surface area contributed by atoms with E-state index >= 15 is 0 Å². The quantitative estimate of drug-likeness (QED) is 0.733. The van der Waals surface area contributed by atoms with Gasteiger partial charge < -0.3 is 5.11 Å². The fourth-order valence-corrected chi connectivity index (χ4v) is 2.54. The van der Waals surface area contributed by atoms with Gasteiger partial charge in [-0.25, -0.2) is 0 Å². The van der Waals surface area contributed by atoms with Crippen LogP contribution >= 0.6 is 0 Å². The molecule has 82 valence electrons. The number of hydrogen-bond acceptors (Lipinski definition) is 1. The zero-order valence-corrected chi connectivity index (χ0v) is 9.28. The minimum Gasteiger partial charge on any atom is -0.390 e. The number of rotatable bonds is 2. The Balaban J connectivity index is 2.02.